The summed E-state index contributed by atoms with van der Waals surface area (Å²) in [6, 6.07) is 0. The van der Waals surface area contributed by atoms with Crippen molar-refractivity contribution in [3.63, 3.8) is 0 Å². The Morgan fingerprint density at radius 2 is 2.08 bits per heavy atom. The van der Waals surface area contributed by atoms with Crippen molar-refractivity contribution in [1.82, 2.24) is 0 Å². The molecule has 0 spiro atoms. The van der Waals surface area contributed by atoms with Gasteiger partial charge in [0.25, 0.3) is 0 Å². The lowest BCUT2D eigenvalue weighted by Gasteiger charge is -1.96. The van der Waals surface area contributed by atoms with Crippen molar-refractivity contribution in [2.75, 3.05) is 7.11 Å². The highest BCUT2D eigenvalue weighted by Gasteiger charge is 2.02. The Morgan fingerprint density at radius 1 is 1.50 bits per heavy atom. The van der Waals surface area contributed by atoms with Gasteiger partial charge >= 0.3 is 5.97 Å². The number of hydrogen-bond donors (Lipinski definition) is 0. The zero-order chi connectivity index (χ0) is 9.56. The van der Waals surface area contributed by atoms with Crippen LogP contribution in [-0.4, -0.2) is 13.1 Å². The molecule has 0 bridgehead atoms. The molecule has 0 aliphatic rings. The minimum absolute atomic E-state index is 0.387. The van der Waals surface area contributed by atoms with Crippen LogP contribution >= 0.6 is 11.6 Å². The molecule has 0 rings (SSSR count). The molecule has 0 saturated carbocycles. The van der Waals surface area contributed by atoms with E-state index in [-0.39, 0.29) is 0 Å². The molecule has 0 aromatic heterocycles. The van der Waals surface area contributed by atoms with E-state index in [1.807, 2.05) is 0 Å². The Labute approximate surface area is 77.2 Å². The molecule has 66 valence electrons. The first kappa shape index (κ1) is 11.0. The van der Waals surface area contributed by atoms with Crippen LogP contribution in [-0.2, 0) is 9.53 Å². The third-order valence-electron chi connectivity index (χ3n) is 1.13. The van der Waals surface area contributed by atoms with Crippen molar-refractivity contribution in [2.24, 2.45) is 0 Å². The van der Waals surface area contributed by atoms with Gasteiger partial charge in [0, 0.05) is 5.03 Å². The lowest BCUT2D eigenvalue weighted by atomic mass is 10.2. The van der Waals surface area contributed by atoms with Gasteiger partial charge in [-0.1, -0.05) is 24.3 Å². The number of hydrogen-bond acceptors (Lipinski definition) is 2. The predicted octanol–water partition coefficient (Wildman–Crippen LogP) is 2.41. The van der Waals surface area contributed by atoms with E-state index < -0.39 is 5.97 Å². The van der Waals surface area contributed by atoms with Gasteiger partial charge in [-0.25, -0.2) is 4.79 Å². The Hall–Kier alpha value is -1.02. The first-order valence-corrected chi connectivity index (χ1v) is 3.74. The average molecular weight is 187 g/mol. The largest absolute Gasteiger partial charge is 0.465 e. The minimum atomic E-state index is -0.417. The summed E-state index contributed by atoms with van der Waals surface area (Å²) in [7, 11) is 1.32. The van der Waals surface area contributed by atoms with Crippen LogP contribution in [0.2, 0.25) is 0 Å². The van der Waals surface area contributed by atoms with E-state index in [9.17, 15) is 4.79 Å². The fraction of sp³-hybridized carbons (Fsp3) is 0.222. The number of carbonyl (C=O) groups is 1. The van der Waals surface area contributed by atoms with Gasteiger partial charge in [0.15, 0.2) is 0 Å². The second-order valence-corrected chi connectivity index (χ2v) is 2.67. The third-order valence-corrected chi connectivity index (χ3v) is 1.26. The van der Waals surface area contributed by atoms with Crippen LogP contribution in [0, 0.1) is 0 Å². The summed E-state index contributed by atoms with van der Waals surface area (Å²) in [5, 5.41) is 0.596. The Kier molecular flexibility index (Phi) is 5.13. The van der Waals surface area contributed by atoms with Crippen molar-refractivity contribution >= 4 is 17.6 Å². The van der Waals surface area contributed by atoms with Crippen LogP contribution in [0.4, 0.5) is 0 Å². The summed E-state index contributed by atoms with van der Waals surface area (Å²) >= 11 is 5.56. The van der Waals surface area contributed by atoms with Gasteiger partial charge in [-0.15, -0.1) is 0 Å². The molecular weight excluding hydrogens is 176 g/mol. The Bertz CT molecular complexity index is 235. The molecule has 0 radical (unpaired) electrons. The summed E-state index contributed by atoms with van der Waals surface area (Å²) in [6.07, 6.45) is 4.58. The number of allylic oxidation sites excluding steroid dienone is 3. The number of ether oxygens (including phenoxy) is 1. The molecule has 0 heterocycles. The first-order valence-electron chi connectivity index (χ1n) is 3.36. The standard InChI is InChI=1S/C9H11ClO2/c1-4-8(9(11)12-3)6-5-7(2)10/h4-6H,1H2,2-3H3/b7-5+,8-6+. The molecular formula is C9H11ClO2. The molecule has 0 aromatic carbocycles. The number of carbonyl (C=O) groups excluding carboxylic acids is 1. The van der Waals surface area contributed by atoms with E-state index in [1.54, 1.807) is 19.1 Å². The maximum Gasteiger partial charge on any atom is 0.337 e. The Balaban J connectivity index is 4.55. The van der Waals surface area contributed by atoms with Gasteiger partial charge in [-0.2, -0.15) is 0 Å². The monoisotopic (exact) mass is 186 g/mol. The first-order chi connectivity index (χ1) is 5.61. The maximum absolute atomic E-state index is 10.9. The van der Waals surface area contributed by atoms with Gasteiger partial charge in [-0.3, -0.25) is 0 Å². The van der Waals surface area contributed by atoms with Crippen LogP contribution in [0.3, 0.4) is 0 Å². The van der Waals surface area contributed by atoms with E-state index in [2.05, 4.69) is 11.3 Å². The van der Waals surface area contributed by atoms with Crippen molar-refractivity contribution in [3.8, 4) is 0 Å². The van der Waals surface area contributed by atoms with Crippen molar-refractivity contribution < 1.29 is 9.53 Å². The topological polar surface area (TPSA) is 26.3 Å². The van der Waals surface area contributed by atoms with E-state index in [0.717, 1.165) is 0 Å². The molecule has 0 aliphatic carbocycles. The lowest BCUT2D eigenvalue weighted by molar-refractivity contribution is -0.135. The van der Waals surface area contributed by atoms with Gasteiger partial charge in [0.1, 0.15) is 0 Å². The average Bonchev–Trinajstić information content (AvgIpc) is 2.04. The minimum Gasteiger partial charge on any atom is -0.465 e. The molecule has 0 saturated heterocycles. The molecule has 0 aromatic rings. The highest BCUT2D eigenvalue weighted by Crippen LogP contribution is 2.03. The third kappa shape index (κ3) is 3.98. The van der Waals surface area contributed by atoms with Crippen molar-refractivity contribution in [1.29, 1.82) is 0 Å². The second-order valence-electron chi connectivity index (χ2n) is 2.07. The molecule has 2 nitrogen and oxygen atoms in total. The van der Waals surface area contributed by atoms with E-state index in [1.165, 1.54) is 13.2 Å². The molecule has 0 aliphatic heterocycles. The van der Waals surface area contributed by atoms with E-state index in [0.29, 0.717) is 10.6 Å². The molecule has 12 heavy (non-hydrogen) atoms. The van der Waals surface area contributed by atoms with Gasteiger partial charge in [-0.05, 0) is 19.1 Å². The van der Waals surface area contributed by atoms with Crippen LogP contribution in [0.25, 0.3) is 0 Å². The van der Waals surface area contributed by atoms with E-state index in [4.69, 9.17) is 11.6 Å². The molecule has 3 heteroatoms. The summed E-state index contributed by atoms with van der Waals surface area (Å²) in [5.74, 6) is -0.417. The summed E-state index contributed by atoms with van der Waals surface area (Å²) in [6.45, 7) is 5.18. The van der Waals surface area contributed by atoms with Crippen LogP contribution in [0.5, 0.6) is 0 Å². The van der Waals surface area contributed by atoms with Crippen molar-refractivity contribution in [3.05, 3.63) is 35.4 Å². The summed E-state index contributed by atoms with van der Waals surface area (Å²) in [4.78, 5) is 10.9. The fourth-order valence-corrected chi connectivity index (χ4v) is 0.605. The van der Waals surface area contributed by atoms with Crippen molar-refractivity contribution in [2.45, 2.75) is 6.92 Å². The number of rotatable bonds is 3. The number of halogens is 1. The predicted molar refractivity (Wildman–Crippen MR) is 49.9 cm³/mol. The maximum atomic E-state index is 10.9. The van der Waals surface area contributed by atoms with Gasteiger partial charge in [0.2, 0.25) is 0 Å². The van der Waals surface area contributed by atoms with Gasteiger partial charge in [0.05, 0.1) is 12.7 Å². The van der Waals surface area contributed by atoms with Crippen LogP contribution in [0.15, 0.2) is 35.4 Å². The number of methoxy groups -OCH3 is 1. The fourth-order valence-electron chi connectivity index (χ4n) is 0.542. The summed E-state index contributed by atoms with van der Waals surface area (Å²) < 4.78 is 4.48. The molecule has 0 amide bonds. The molecule has 0 unspecified atom stereocenters. The lowest BCUT2D eigenvalue weighted by Crippen LogP contribution is -2.01. The molecule has 0 atom stereocenters. The highest BCUT2D eigenvalue weighted by molar-refractivity contribution is 6.29. The molecule has 0 N–H and O–H groups in total. The molecule has 0 fully saturated rings. The zero-order valence-electron chi connectivity index (χ0n) is 7.13. The van der Waals surface area contributed by atoms with E-state index >= 15 is 0 Å². The smallest absolute Gasteiger partial charge is 0.337 e. The zero-order valence-corrected chi connectivity index (χ0v) is 7.89. The SMILES string of the molecule is C=C/C(=C\C=C(/C)Cl)C(=O)OC. The van der Waals surface area contributed by atoms with Crippen LogP contribution in [0.1, 0.15) is 6.92 Å². The highest BCUT2D eigenvalue weighted by atomic mass is 35.5. The van der Waals surface area contributed by atoms with Gasteiger partial charge < -0.3 is 4.74 Å². The normalized spacial score (nSPS) is 12.6. The quantitative estimate of drug-likeness (QED) is 0.385. The number of esters is 1. The summed E-state index contributed by atoms with van der Waals surface area (Å²) in [5.41, 5.74) is 0.387. The van der Waals surface area contributed by atoms with Crippen LogP contribution < -0.4 is 0 Å². The Morgan fingerprint density at radius 3 is 2.42 bits per heavy atom. The second kappa shape index (κ2) is 5.61.